The summed E-state index contributed by atoms with van der Waals surface area (Å²) in [5.41, 5.74) is 2.90. The zero-order valence-corrected chi connectivity index (χ0v) is 12.5. The monoisotopic (exact) mass is 248 g/mol. The highest BCUT2D eigenvalue weighted by Crippen LogP contribution is 2.35. The van der Waals surface area contributed by atoms with Crippen molar-refractivity contribution < 1.29 is 4.79 Å². The Labute approximate surface area is 112 Å². The van der Waals surface area contributed by atoms with E-state index in [0.29, 0.717) is 12.2 Å². The summed E-state index contributed by atoms with van der Waals surface area (Å²) in [6, 6.07) is 0. The van der Waals surface area contributed by atoms with E-state index in [2.05, 4.69) is 33.8 Å². The molecule has 0 fully saturated rings. The van der Waals surface area contributed by atoms with Crippen LogP contribution in [0.1, 0.15) is 72.6 Å². The molecule has 0 aromatic carbocycles. The van der Waals surface area contributed by atoms with Gasteiger partial charge in [0.25, 0.3) is 0 Å². The first-order valence-corrected chi connectivity index (χ1v) is 7.31. The Morgan fingerprint density at radius 1 is 1.33 bits per heavy atom. The first-order chi connectivity index (χ1) is 8.43. The third-order valence-corrected chi connectivity index (χ3v) is 3.53. The molecule has 1 aliphatic carbocycles. The fourth-order valence-corrected chi connectivity index (χ4v) is 2.77. The molecule has 0 bridgehead atoms. The Bertz CT molecular complexity index is 345. The quantitative estimate of drug-likeness (QED) is 0.465. The van der Waals surface area contributed by atoms with Crippen molar-refractivity contribution in [3.05, 3.63) is 23.3 Å². The van der Waals surface area contributed by atoms with E-state index < -0.39 is 0 Å². The molecule has 0 spiro atoms. The Balaban J connectivity index is 2.48. The standard InChI is InChI=1S/C17H28O/c1-5-6-7-8-9-14(2)10-15-11-16(18)13-17(3,4)12-15/h9,11H,5-8,10,12-13H2,1-4H3/b14-9+. The van der Waals surface area contributed by atoms with Crippen LogP contribution in [0.25, 0.3) is 0 Å². The van der Waals surface area contributed by atoms with Gasteiger partial charge in [-0.1, -0.05) is 50.8 Å². The second-order valence-electron chi connectivity index (χ2n) is 6.51. The molecule has 1 aliphatic rings. The van der Waals surface area contributed by atoms with Crippen molar-refractivity contribution in [3.63, 3.8) is 0 Å². The van der Waals surface area contributed by atoms with Crippen LogP contribution in [0.3, 0.4) is 0 Å². The van der Waals surface area contributed by atoms with E-state index >= 15 is 0 Å². The van der Waals surface area contributed by atoms with E-state index in [9.17, 15) is 4.79 Å². The van der Waals surface area contributed by atoms with Gasteiger partial charge in [0.15, 0.2) is 5.78 Å². The molecule has 1 rings (SSSR count). The topological polar surface area (TPSA) is 17.1 Å². The summed E-state index contributed by atoms with van der Waals surface area (Å²) in [5.74, 6) is 0.306. The highest BCUT2D eigenvalue weighted by molar-refractivity contribution is 5.91. The van der Waals surface area contributed by atoms with Crippen LogP contribution in [-0.4, -0.2) is 5.78 Å². The summed E-state index contributed by atoms with van der Waals surface area (Å²) in [6.07, 6.45) is 12.1. The van der Waals surface area contributed by atoms with Gasteiger partial charge in [-0.15, -0.1) is 0 Å². The molecule has 0 heterocycles. The molecule has 0 aromatic heterocycles. The lowest BCUT2D eigenvalue weighted by Gasteiger charge is -2.29. The molecule has 0 saturated carbocycles. The molecule has 102 valence electrons. The lowest BCUT2D eigenvalue weighted by atomic mass is 9.75. The SMILES string of the molecule is CCCCC/C=C(\C)CC1=CC(=O)CC(C)(C)C1. The summed E-state index contributed by atoms with van der Waals surface area (Å²) < 4.78 is 0. The van der Waals surface area contributed by atoms with Gasteiger partial charge in [-0.05, 0) is 44.1 Å². The first kappa shape index (κ1) is 15.2. The minimum Gasteiger partial charge on any atom is -0.295 e. The largest absolute Gasteiger partial charge is 0.295 e. The molecule has 0 aliphatic heterocycles. The number of carbonyl (C=O) groups is 1. The molecule has 0 atom stereocenters. The number of carbonyl (C=O) groups excluding carboxylic acids is 1. The molecule has 0 unspecified atom stereocenters. The van der Waals surface area contributed by atoms with Gasteiger partial charge in [-0.25, -0.2) is 0 Å². The van der Waals surface area contributed by atoms with Crippen LogP contribution in [0.2, 0.25) is 0 Å². The van der Waals surface area contributed by atoms with Crippen molar-refractivity contribution >= 4 is 5.78 Å². The second-order valence-corrected chi connectivity index (χ2v) is 6.51. The molecule has 0 radical (unpaired) electrons. The van der Waals surface area contributed by atoms with Gasteiger partial charge in [0.1, 0.15) is 0 Å². The number of rotatable bonds is 6. The Morgan fingerprint density at radius 2 is 2.06 bits per heavy atom. The summed E-state index contributed by atoms with van der Waals surface area (Å²) in [6.45, 7) is 8.81. The first-order valence-electron chi connectivity index (χ1n) is 7.31. The van der Waals surface area contributed by atoms with Gasteiger partial charge in [0.2, 0.25) is 0 Å². The van der Waals surface area contributed by atoms with E-state index in [4.69, 9.17) is 0 Å². The predicted octanol–water partition coefficient (Wildman–Crippen LogP) is 5.22. The van der Waals surface area contributed by atoms with Gasteiger partial charge in [-0.2, -0.15) is 0 Å². The maximum Gasteiger partial charge on any atom is 0.156 e. The maximum absolute atomic E-state index is 11.7. The number of hydrogen-bond donors (Lipinski definition) is 0. The summed E-state index contributed by atoms with van der Waals surface area (Å²) in [5, 5.41) is 0. The summed E-state index contributed by atoms with van der Waals surface area (Å²) >= 11 is 0. The minimum atomic E-state index is 0.156. The van der Waals surface area contributed by atoms with E-state index in [1.54, 1.807) is 0 Å². The Hall–Kier alpha value is -0.850. The highest BCUT2D eigenvalue weighted by Gasteiger charge is 2.27. The number of unbranched alkanes of at least 4 members (excludes halogenated alkanes) is 3. The smallest absolute Gasteiger partial charge is 0.156 e. The van der Waals surface area contributed by atoms with Gasteiger partial charge in [0, 0.05) is 6.42 Å². The minimum absolute atomic E-state index is 0.156. The fraction of sp³-hybridized carbons (Fsp3) is 0.706. The molecule has 18 heavy (non-hydrogen) atoms. The van der Waals surface area contributed by atoms with Crippen LogP contribution in [0.15, 0.2) is 23.3 Å². The Morgan fingerprint density at radius 3 is 2.67 bits per heavy atom. The molecule has 0 aromatic rings. The number of ketones is 1. The highest BCUT2D eigenvalue weighted by atomic mass is 16.1. The van der Waals surface area contributed by atoms with Crippen molar-refractivity contribution in [2.24, 2.45) is 5.41 Å². The van der Waals surface area contributed by atoms with Crippen molar-refractivity contribution in [2.45, 2.75) is 72.6 Å². The lowest BCUT2D eigenvalue weighted by molar-refractivity contribution is -0.117. The van der Waals surface area contributed by atoms with Crippen molar-refractivity contribution in [3.8, 4) is 0 Å². The molecule has 0 amide bonds. The average Bonchev–Trinajstić information content (AvgIpc) is 2.21. The van der Waals surface area contributed by atoms with Gasteiger partial charge < -0.3 is 0 Å². The normalized spacial score (nSPS) is 19.9. The van der Waals surface area contributed by atoms with Crippen molar-refractivity contribution in [2.75, 3.05) is 0 Å². The molecule has 1 nitrogen and oxygen atoms in total. The fourth-order valence-electron chi connectivity index (χ4n) is 2.77. The molecule has 0 N–H and O–H groups in total. The van der Waals surface area contributed by atoms with E-state index in [1.165, 1.54) is 36.8 Å². The van der Waals surface area contributed by atoms with Crippen molar-refractivity contribution in [1.82, 2.24) is 0 Å². The Kier molecular flexibility index (Phi) is 5.84. The van der Waals surface area contributed by atoms with Gasteiger partial charge >= 0.3 is 0 Å². The molecular formula is C17H28O. The van der Waals surface area contributed by atoms with E-state index in [-0.39, 0.29) is 5.41 Å². The van der Waals surface area contributed by atoms with Crippen LogP contribution in [0.5, 0.6) is 0 Å². The lowest BCUT2D eigenvalue weighted by Crippen LogP contribution is -2.21. The number of allylic oxidation sites excluding steroid dienone is 4. The van der Waals surface area contributed by atoms with E-state index in [0.717, 1.165) is 12.8 Å². The zero-order valence-electron chi connectivity index (χ0n) is 12.5. The number of hydrogen-bond acceptors (Lipinski definition) is 1. The zero-order chi connectivity index (χ0) is 13.6. The van der Waals surface area contributed by atoms with Gasteiger partial charge in [0.05, 0.1) is 0 Å². The molecule has 1 heteroatoms. The van der Waals surface area contributed by atoms with Crippen LogP contribution >= 0.6 is 0 Å². The van der Waals surface area contributed by atoms with Crippen molar-refractivity contribution in [1.29, 1.82) is 0 Å². The second kappa shape index (κ2) is 6.92. The molecule has 0 saturated heterocycles. The van der Waals surface area contributed by atoms with Gasteiger partial charge in [-0.3, -0.25) is 4.79 Å². The predicted molar refractivity (Wildman–Crippen MR) is 78.6 cm³/mol. The van der Waals surface area contributed by atoms with Crippen LogP contribution < -0.4 is 0 Å². The van der Waals surface area contributed by atoms with Crippen LogP contribution in [-0.2, 0) is 4.79 Å². The summed E-state index contributed by atoms with van der Waals surface area (Å²) in [7, 11) is 0. The molecular weight excluding hydrogens is 220 g/mol. The summed E-state index contributed by atoms with van der Waals surface area (Å²) in [4.78, 5) is 11.7. The third-order valence-electron chi connectivity index (χ3n) is 3.53. The van der Waals surface area contributed by atoms with Crippen LogP contribution in [0, 0.1) is 5.41 Å². The van der Waals surface area contributed by atoms with E-state index in [1.807, 2.05) is 6.08 Å². The third kappa shape index (κ3) is 5.66. The maximum atomic E-state index is 11.7. The van der Waals surface area contributed by atoms with Crippen LogP contribution in [0.4, 0.5) is 0 Å². The average molecular weight is 248 g/mol.